The highest BCUT2D eigenvalue weighted by atomic mass is 14.9. The molecular formula is C18H20N2. The van der Waals surface area contributed by atoms with Crippen molar-refractivity contribution in [2.75, 3.05) is 5.32 Å². The Morgan fingerprint density at radius 3 is 2.45 bits per heavy atom. The first kappa shape index (κ1) is 14.1. The summed E-state index contributed by atoms with van der Waals surface area (Å²) in [6, 6.07) is 18.5. The number of hydrogen-bond acceptors (Lipinski definition) is 2. The first-order chi connectivity index (χ1) is 9.74. The second kappa shape index (κ2) is 6.77. The Bertz CT molecular complexity index is 594. The van der Waals surface area contributed by atoms with Gasteiger partial charge in [-0.05, 0) is 41.7 Å². The summed E-state index contributed by atoms with van der Waals surface area (Å²) in [6.07, 6.45) is 1.16. The number of nitrogens with zero attached hydrogens (tertiary/aromatic N) is 1. The summed E-state index contributed by atoms with van der Waals surface area (Å²) in [4.78, 5) is 0. The van der Waals surface area contributed by atoms with Gasteiger partial charge in [-0.25, -0.2) is 0 Å². The zero-order valence-electron chi connectivity index (χ0n) is 12.1. The fraction of sp³-hybridized carbons (Fsp3) is 0.278. The van der Waals surface area contributed by atoms with E-state index in [4.69, 9.17) is 5.26 Å². The predicted octanol–water partition coefficient (Wildman–Crippen LogP) is 4.68. The van der Waals surface area contributed by atoms with Crippen molar-refractivity contribution < 1.29 is 0 Å². The van der Waals surface area contributed by atoms with Crippen LogP contribution in [0.15, 0.2) is 48.5 Å². The van der Waals surface area contributed by atoms with Crippen LogP contribution in [0.2, 0.25) is 0 Å². The molecule has 102 valence electrons. The molecule has 0 bridgehead atoms. The standard InChI is InChI=1S/C18H20N2/c1-3-14(2)15-8-10-18(11-9-15)20-13-17-7-5-4-6-16(17)12-19/h4-11,14,20H,3,13H2,1-2H3. The van der Waals surface area contributed by atoms with Gasteiger partial charge in [0.15, 0.2) is 0 Å². The van der Waals surface area contributed by atoms with Crippen molar-refractivity contribution >= 4 is 5.69 Å². The van der Waals surface area contributed by atoms with E-state index < -0.39 is 0 Å². The van der Waals surface area contributed by atoms with Crippen LogP contribution in [0.1, 0.15) is 42.9 Å². The lowest BCUT2D eigenvalue weighted by Crippen LogP contribution is -2.01. The number of nitriles is 1. The van der Waals surface area contributed by atoms with Crippen molar-refractivity contribution in [3.05, 3.63) is 65.2 Å². The molecule has 0 fully saturated rings. The van der Waals surface area contributed by atoms with E-state index in [0.717, 1.165) is 23.2 Å². The molecule has 0 aliphatic heterocycles. The summed E-state index contributed by atoms with van der Waals surface area (Å²) in [5.41, 5.74) is 4.22. The van der Waals surface area contributed by atoms with E-state index >= 15 is 0 Å². The molecule has 0 radical (unpaired) electrons. The smallest absolute Gasteiger partial charge is 0.0995 e. The van der Waals surface area contributed by atoms with E-state index in [9.17, 15) is 0 Å². The first-order valence-corrected chi connectivity index (χ1v) is 7.06. The second-order valence-electron chi connectivity index (χ2n) is 5.05. The quantitative estimate of drug-likeness (QED) is 0.850. The van der Waals surface area contributed by atoms with Gasteiger partial charge in [-0.2, -0.15) is 5.26 Å². The van der Waals surface area contributed by atoms with Gasteiger partial charge in [0.2, 0.25) is 0 Å². The van der Waals surface area contributed by atoms with Gasteiger partial charge in [0.1, 0.15) is 0 Å². The highest BCUT2D eigenvalue weighted by Gasteiger charge is 2.03. The molecule has 2 rings (SSSR count). The topological polar surface area (TPSA) is 35.8 Å². The van der Waals surface area contributed by atoms with E-state index in [-0.39, 0.29) is 0 Å². The molecule has 0 aliphatic carbocycles. The van der Waals surface area contributed by atoms with Crippen LogP contribution in [0.3, 0.4) is 0 Å². The minimum absolute atomic E-state index is 0.600. The van der Waals surface area contributed by atoms with Crippen LogP contribution in [0.5, 0.6) is 0 Å². The number of anilines is 1. The van der Waals surface area contributed by atoms with Crippen LogP contribution >= 0.6 is 0 Å². The van der Waals surface area contributed by atoms with E-state index in [0.29, 0.717) is 12.5 Å². The monoisotopic (exact) mass is 264 g/mol. The van der Waals surface area contributed by atoms with Gasteiger partial charge < -0.3 is 5.32 Å². The molecule has 20 heavy (non-hydrogen) atoms. The predicted molar refractivity (Wildman–Crippen MR) is 83.6 cm³/mol. The maximum Gasteiger partial charge on any atom is 0.0995 e. The normalized spacial score (nSPS) is 11.7. The Morgan fingerprint density at radius 2 is 1.80 bits per heavy atom. The van der Waals surface area contributed by atoms with Gasteiger partial charge >= 0.3 is 0 Å². The Balaban J connectivity index is 2.03. The molecule has 0 saturated carbocycles. The third kappa shape index (κ3) is 3.39. The molecule has 0 spiro atoms. The van der Waals surface area contributed by atoms with Gasteiger partial charge in [-0.15, -0.1) is 0 Å². The van der Waals surface area contributed by atoms with Gasteiger partial charge in [-0.1, -0.05) is 44.2 Å². The fourth-order valence-corrected chi connectivity index (χ4v) is 2.15. The maximum absolute atomic E-state index is 9.06. The summed E-state index contributed by atoms with van der Waals surface area (Å²) in [6.45, 7) is 5.12. The van der Waals surface area contributed by atoms with Crippen LogP contribution in [0, 0.1) is 11.3 Å². The summed E-state index contributed by atoms with van der Waals surface area (Å²) in [5.74, 6) is 0.600. The average molecular weight is 264 g/mol. The van der Waals surface area contributed by atoms with Gasteiger partial charge in [0.25, 0.3) is 0 Å². The number of hydrogen-bond donors (Lipinski definition) is 1. The molecule has 1 unspecified atom stereocenters. The fourth-order valence-electron chi connectivity index (χ4n) is 2.15. The Kier molecular flexibility index (Phi) is 4.79. The molecule has 2 aromatic rings. The van der Waals surface area contributed by atoms with Crippen molar-refractivity contribution in [1.82, 2.24) is 0 Å². The van der Waals surface area contributed by atoms with E-state index in [2.05, 4.69) is 49.5 Å². The van der Waals surface area contributed by atoms with Crippen molar-refractivity contribution in [3.8, 4) is 6.07 Å². The molecule has 0 amide bonds. The summed E-state index contributed by atoms with van der Waals surface area (Å²) >= 11 is 0. The SMILES string of the molecule is CCC(C)c1ccc(NCc2ccccc2C#N)cc1. The Hall–Kier alpha value is -2.27. The maximum atomic E-state index is 9.06. The molecule has 2 heteroatoms. The van der Waals surface area contributed by atoms with E-state index in [1.807, 2.05) is 24.3 Å². The minimum Gasteiger partial charge on any atom is -0.381 e. The van der Waals surface area contributed by atoms with Crippen LogP contribution in [0.4, 0.5) is 5.69 Å². The molecular weight excluding hydrogens is 244 g/mol. The lowest BCUT2D eigenvalue weighted by molar-refractivity contribution is 0.734. The van der Waals surface area contributed by atoms with Gasteiger partial charge in [-0.3, -0.25) is 0 Å². The Labute approximate surface area is 121 Å². The molecule has 1 atom stereocenters. The highest BCUT2D eigenvalue weighted by molar-refractivity contribution is 5.47. The highest BCUT2D eigenvalue weighted by Crippen LogP contribution is 2.21. The molecule has 2 nitrogen and oxygen atoms in total. The average Bonchev–Trinajstić information content (AvgIpc) is 2.53. The number of rotatable bonds is 5. The third-order valence-corrected chi connectivity index (χ3v) is 3.71. The van der Waals surface area contributed by atoms with Crippen molar-refractivity contribution in [3.63, 3.8) is 0 Å². The van der Waals surface area contributed by atoms with E-state index in [1.54, 1.807) is 0 Å². The van der Waals surface area contributed by atoms with Crippen LogP contribution in [0.25, 0.3) is 0 Å². The van der Waals surface area contributed by atoms with Crippen LogP contribution in [-0.2, 0) is 6.54 Å². The second-order valence-corrected chi connectivity index (χ2v) is 5.05. The lowest BCUT2D eigenvalue weighted by Gasteiger charge is -2.11. The van der Waals surface area contributed by atoms with Crippen molar-refractivity contribution in [2.45, 2.75) is 32.7 Å². The molecule has 0 aromatic heterocycles. The lowest BCUT2D eigenvalue weighted by atomic mass is 9.98. The van der Waals surface area contributed by atoms with E-state index in [1.165, 1.54) is 5.56 Å². The zero-order chi connectivity index (χ0) is 14.4. The van der Waals surface area contributed by atoms with Crippen molar-refractivity contribution in [2.24, 2.45) is 0 Å². The van der Waals surface area contributed by atoms with Crippen LogP contribution in [-0.4, -0.2) is 0 Å². The summed E-state index contributed by atoms with van der Waals surface area (Å²) in [7, 11) is 0. The molecule has 2 aromatic carbocycles. The van der Waals surface area contributed by atoms with Crippen molar-refractivity contribution in [1.29, 1.82) is 5.26 Å². The van der Waals surface area contributed by atoms with Crippen LogP contribution < -0.4 is 5.32 Å². The molecule has 1 N–H and O–H groups in total. The Morgan fingerprint density at radius 1 is 1.10 bits per heavy atom. The summed E-state index contributed by atoms with van der Waals surface area (Å²) in [5, 5.41) is 12.4. The van der Waals surface area contributed by atoms with Gasteiger partial charge in [0.05, 0.1) is 11.6 Å². The number of benzene rings is 2. The zero-order valence-corrected chi connectivity index (χ0v) is 12.1. The first-order valence-electron chi connectivity index (χ1n) is 7.06. The third-order valence-electron chi connectivity index (χ3n) is 3.71. The number of nitrogens with one attached hydrogen (secondary N) is 1. The largest absolute Gasteiger partial charge is 0.381 e. The summed E-state index contributed by atoms with van der Waals surface area (Å²) < 4.78 is 0. The molecule has 0 heterocycles. The molecule has 0 aliphatic rings. The van der Waals surface area contributed by atoms with Gasteiger partial charge in [0, 0.05) is 12.2 Å². The minimum atomic E-state index is 0.600. The molecule has 0 saturated heterocycles.